The smallest absolute Gasteiger partial charge is 0.187 e. The fourth-order valence-electron chi connectivity index (χ4n) is 12.2. The number of Topliss-reactive ketones (excluding diaryl/α,β-unsaturated/α-hetero) is 3. The van der Waals surface area contributed by atoms with Crippen molar-refractivity contribution >= 4 is 17.3 Å². The van der Waals surface area contributed by atoms with Gasteiger partial charge in [0.15, 0.2) is 24.1 Å². The van der Waals surface area contributed by atoms with Crippen molar-refractivity contribution in [2.45, 2.75) is 179 Å². The normalized spacial score (nSPS) is 48.4. The Bertz CT molecular complexity index is 1660. The highest BCUT2D eigenvalue weighted by Gasteiger charge is 2.75. The number of carbonyl (C=O) groups excluding carboxylic acids is 3. The minimum Gasteiger partial charge on any atom is -0.394 e. The highest BCUT2D eigenvalue weighted by Crippen LogP contribution is 2.74. The van der Waals surface area contributed by atoms with Crippen LogP contribution < -0.4 is 0 Å². The second kappa shape index (κ2) is 15.8. The summed E-state index contributed by atoms with van der Waals surface area (Å²) >= 11 is 0. The molecule has 10 N–H and O–H groups in total. The Morgan fingerprint density at radius 2 is 1.36 bits per heavy atom. The van der Waals surface area contributed by atoms with E-state index in [4.69, 9.17) is 18.9 Å². The summed E-state index contributed by atoms with van der Waals surface area (Å²) in [5.74, 6) is -3.11. The molecule has 0 spiro atoms. The second-order valence-corrected chi connectivity index (χ2v) is 20.2. The Kier molecular flexibility index (Phi) is 12.5. The molecule has 336 valence electrons. The fourth-order valence-corrected chi connectivity index (χ4v) is 12.2. The monoisotopic (exact) mass is 842 g/mol. The first kappa shape index (κ1) is 46.7. The van der Waals surface area contributed by atoms with Gasteiger partial charge in [0, 0.05) is 29.6 Å². The van der Waals surface area contributed by atoms with Crippen LogP contribution in [-0.2, 0) is 33.3 Å². The molecule has 0 amide bonds. The second-order valence-electron chi connectivity index (χ2n) is 20.2. The van der Waals surface area contributed by atoms with E-state index in [1.807, 2.05) is 26.8 Å². The molecule has 6 rings (SSSR count). The molecule has 19 atom stereocenters. The van der Waals surface area contributed by atoms with E-state index in [2.05, 4.69) is 0 Å². The standard InChI is InChI=1S/C42H66O17/c1-37(2,59-36-32(53)30(51)28(49)23(17-44)58-36)12-11-25(46)42(8,55)33-20(45)14-39(5)24-10-9-18-19(41(24,7)26(47)15-40(33,39)6)13-21(34(54)38(18,3)4)56-35-31(52)29(50)27(48)22(16-43)57-35/h9,19-24,27-33,35-36,43-45,48-53,55H,10-17H2,1-8H3/t19-,20-,21+,22+,23+,24+,27+,28+,29-,30-,31+,32+,33-,35+,36-,39-,40+,41+,42-/m0/s1. The van der Waals surface area contributed by atoms with Gasteiger partial charge in [-0.15, -0.1) is 0 Å². The number of rotatable bonds is 11. The zero-order chi connectivity index (χ0) is 44.2. The van der Waals surface area contributed by atoms with Crippen LogP contribution in [0.5, 0.6) is 0 Å². The minimum atomic E-state index is -2.11. The van der Waals surface area contributed by atoms with E-state index in [1.165, 1.54) is 6.92 Å². The molecule has 0 aromatic heterocycles. The van der Waals surface area contributed by atoms with Gasteiger partial charge in [-0.3, -0.25) is 14.4 Å². The Hall–Kier alpha value is -1.81. The van der Waals surface area contributed by atoms with Crippen LogP contribution in [0, 0.1) is 39.4 Å². The molecule has 17 nitrogen and oxygen atoms in total. The SMILES string of the molecule is CC(C)(CCC(=O)[C@](C)(O)[C@H]1[C@@H](O)C[C@@]2(C)[C@H]3CC=C4[C@H](C[C@@H](O[C@@H]5O[C@H](CO)[C@@H](O)[C@H](O)[C@H]5O)C(=O)C4(C)C)[C@@]3(C)C(=O)C[C@]12C)O[C@@H]1O[C@H](CO)[C@@H](O)[C@H](O)[C@H]1O. The maximum atomic E-state index is 15.0. The lowest BCUT2D eigenvalue weighted by Gasteiger charge is -2.64. The van der Waals surface area contributed by atoms with Gasteiger partial charge in [-0.25, -0.2) is 0 Å². The Morgan fingerprint density at radius 3 is 1.92 bits per heavy atom. The molecule has 59 heavy (non-hydrogen) atoms. The van der Waals surface area contributed by atoms with E-state index in [-0.39, 0.29) is 43.7 Å². The summed E-state index contributed by atoms with van der Waals surface area (Å²) in [7, 11) is 0. The summed E-state index contributed by atoms with van der Waals surface area (Å²) in [6.45, 7) is 12.5. The number of hydrogen-bond acceptors (Lipinski definition) is 17. The van der Waals surface area contributed by atoms with Crippen molar-refractivity contribution in [3.8, 4) is 0 Å². The van der Waals surface area contributed by atoms with E-state index in [0.717, 1.165) is 5.57 Å². The quantitative estimate of drug-likeness (QED) is 0.109. The van der Waals surface area contributed by atoms with E-state index in [0.29, 0.717) is 6.42 Å². The molecule has 4 aliphatic carbocycles. The van der Waals surface area contributed by atoms with Crippen LogP contribution >= 0.6 is 0 Å². The molecule has 5 fully saturated rings. The van der Waals surface area contributed by atoms with Gasteiger partial charge in [-0.1, -0.05) is 32.4 Å². The molecule has 3 saturated carbocycles. The average molecular weight is 843 g/mol. The summed E-state index contributed by atoms with van der Waals surface area (Å²) in [4.78, 5) is 43.1. The van der Waals surface area contributed by atoms with Crippen LogP contribution in [0.25, 0.3) is 0 Å². The highest BCUT2D eigenvalue weighted by molar-refractivity contribution is 5.95. The summed E-state index contributed by atoms with van der Waals surface area (Å²) in [5.41, 5.74) is -6.63. The van der Waals surface area contributed by atoms with E-state index < -0.39 is 143 Å². The van der Waals surface area contributed by atoms with E-state index >= 15 is 0 Å². The first-order valence-corrected chi connectivity index (χ1v) is 20.8. The minimum absolute atomic E-state index is 0.00352. The zero-order valence-electron chi connectivity index (χ0n) is 35.2. The average Bonchev–Trinajstić information content (AvgIpc) is 3.37. The fraction of sp³-hybridized carbons (Fsp3) is 0.881. The maximum absolute atomic E-state index is 15.0. The molecule has 6 aliphatic rings. The van der Waals surface area contributed by atoms with Crippen LogP contribution in [-0.4, -0.2) is 166 Å². The highest BCUT2D eigenvalue weighted by atomic mass is 16.7. The van der Waals surface area contributed by atoms with Gasteiger partial charge in [-0.2, -0.15) is 0 Å². The van der Waals surface area contributed by atoms with Crippen molar-refractivity contribution in [2.75, 3.05) is 13.2 Å². The van der Waals surface area contributed by atoms with Crippen LogP contribution in [0.1, 0.15) is 93.9 Å². The number of ketones is 3. The van der Waals surface area contributed by atoms with Gasteiger partial charge < -0.3 is 70.0 Å². The number of fused-ring (bicyclic) bond motifs is 5. The predicted octanol–water partition coefficient (Wildman–Crippen LogP) is -1.20. The molecule has 2 saturated heterocycles. The van der Waals surface area contributed by atoms with Gasteiger partial charge >= 0.3 is 0 Å². The molecule has 2 heterocycles. The van der Waals surface area contributed by atoms with Gasteiger partial charge in [0.1, 0.15) is 66.3 Å². The third-order valence-corrected chi connectivity index (χ3v) is 15.9. The molecular weight excluding hydrogens is 776 g/mol. The number of ether oxygens (including phenoxy) is 4. The lowest BCUT2D eigenvalue weighted by Crippen LogP contribution is -2.66. The lowest BCUT2D eigenvalue weighted by molar-refractivity contribution is -0.323. The third kappa shape index (κ3) is 7.22. The molecular formula is C42H66O17. The Morgan fingerprint density at radius 1 is 0.814 bits per heavy atom. The van der Waals surface area contributed by atoms with Crippen molar-refractivity contribution < 1.29 is 84.4 Å². The molecule has 0 bridgehead atoms. The number of aliphatic hydroxyl groups is 10. The van der Waals surface area contributed by atoms with Gasteiger partial charge in [0.05, 0.1) is 24.9 Å². The largest absolute Gasteiger partial charge is 0.394 e. The summed E-state index contributed by atoms with van der Waals surface area (Å²) in [5, 5.41) is 106. The van der Waals surface area contributed by atoms with Crippen molar-refractivity contribution in [1.29, 1.82) is 0 Å². The van der Waals surface area contributed by atoms with E-state index in [9.17, 15) is 65.4 Å². The van der Waals surface area contributed by atoms with Gasteiger partial charge in [0.2, 0.25) is 0 Å². The summed E-state index contributed by atoms with van der Waals surface area (Å²) in [6, 6.07) is 0. The van der Waals surface area contributed by atoms with Gasteiger partial charge in [0.25, 0.3) is 0 Å². The Balaban J connectivity index is 1.23. The van der Waals surface area contributed by atoms with Crippen LogP contribution in [0.3, 0.4) is 0 Å². The van der Waals surface area contributed by atoms with Gasteiger partial charge in [-0.05, 0) is 83.0 Å². The molecule has 0 aromatic carbocycles. The summed E-state index contributed by atoms with van der Waals surface area (Å²) in [6.07, 6.45) is -15.6. The first-order valence-electron chi connectivity index (χ1n) is 20.8. The van der Waals surface area contributed by atoms with Crippen molar-refractivity contribution in [3.63, 3.8) is 0 Å². The summed E-state index contributed by atoms with van der Waals surface area (Å²) < 4.78 is 23.1. The number of aliphatic hydroxyl groups excluding tert-OH is 9. The topological polar surface area (TPSA) is 290 Å². The third-order valence-electron chi connectivity index (χ3n) is 15.9. The van der Waals surface area contributed by atoms with Crippen molar-refractivity contribution in [2.24, 2.45) is 39.4 Å². The van der Waals surface area contributed by atoms with Crippen LogP contribution in [0.2, 0.25) is 0 Å². The predicted molar refractivity (Wildman–Crippen MR) is 204 cm³/mol. The Labute approximate surface area is 344 Å². The van der Waals surface area contributed by atoms with Crippen LogP contribution in [0.4, 0.5) is 0 Å². The first-order chi connectivity index (χ1) is 27.1. The molecule has 0 unspecified atom stereocenters. The molecule has 17 heteroatoms. The van der Waals surface area contributed by atoms with Crippen LogP contribution in [0.15, 0.2) is 11.6 Å². The van der Waals surface area contributed by atoms with E-state index in [1.54, 1.807) is 27.7 Å². The molecule has 0 radical (unpaired) electrons. The maximum Gasteiger partial charge on any atom is 0.187 e. The number of hydrogen-bond donors (Lipinski definition) is 10. The van der Waals surface area contributed by atoms with Crippen molar-refractivity contribution in [1.82, 2.24) is 0 Å². The zero-order valence-corrected chi connectivity index (χ0v) is 35.2. The van der Waals surface area contributed by atoms with Crippen molar-refractivity contribution in [3.05, 3.63) is 11.6 Å². The molecule has 0 aromatic rings. The lowest BCUT2D eigenvalue weighted by atomic mass is 9.38. The molecule has 2 aliphatic heterocycles. The number of carbonyl (C=O) groups is 3. The number of allylic oxidation sites excluding steroid dienone is 2.